The van der Waals surface area contributed by atoms with Gasteiger partial charge in [-0.05, 0) is 104 Å². The Morgan fingerprint density at radius 1 is 0.303 bits per heavy atom. The van der Waals surface area contributed by atoms with Crippen molar-refractivity contribution in [3.63, 3.8) is 0 Å². The van der Waals surface area contributed by atoms with Gasteiger partial charge in [0, 0.05) is 65.3 Å². The summed E-state index contributed by atoms with van der Waals surface area (Å²) in [4.78, 5) is 0. The fourth-order valence-electron chi connectivity index (χ4n) is 10.3. The van der Waals surface area contributed by atoms with E-state index < -0.39 is 30.6 Å². The lowest BCUT2D eigenvalue weighted by atomic mass is 9.81. The zero-order chi connectivity index (χ0) is 44.5. The molecule has 318 valence electrons. The van der Waals surface area contributed by atoms with Gasteiger partial charge in [-0.1, -0.05) is 121 Å². The van der Waals surface area contributed by atoms with E-state index in [0.717, 1.165) is 65.3 Å². The van der Waals surface area contributed by atoms with Crippen molar-refractivity contribution in [2.75, 3.05) is 0 Å². The first-order valence-electron chi connectivity index (χ1n) is 21.9. The maximum Gasteiger partial charge on any atom is 0.598 e. The summed E-state index contributed by atoms with van der Waals surface area (Å²) in [6.45, 7) is 0. The van der Waals surface area contributed by atoms with Gasteiger partial charge in [0.15, 0.2) is 22.3 Å². The minimum Gasteiger partial charge on any atom is -0.250 e. The van der Waals surface area contributed by atoms with Gasteiger partial charge in [0.25, 0.3) is 0 Å². The first-order valence-corrected chi connectivity index (χ1v) is 26.6. The SMILES string of the molecule is O=[p+]1oc2ccccc2c2cccc(CC(CCC(Cc3cccc4c5ccccc5o[p+](=O)c34)c3cccc4c5ccccc5o[p+](=O)c34)c3cccc4c5ccccc5o[p+](=O)c34)c21. The molecule has 0 aliphatic heterocycles. The minimum absolute atomic E-state index is 0.260. The molecular formula is C54H38O8P4+4. The first-order chi connectivity index (χ1) is 32.4. The van der Waals surface area contributed by atoms with Crippen molar-refractivity contribution < 1.29 is 35.0 Å². The molecule has 0 saturated heterocycles. The molecule has 0 amide bonds. The quantitative estimate of drug-likeness (QED) is 0.131. The van der Waals surface area contributed by atoms with Crippen LogP contribution in [0.4, 0.5) is 0 Å². The molecule has 0 N–H and O–H groups in total. The Labute approximate surface area is 379 Å². The second-order valence-electron chi connectivity index (χ2n) is 16.9. The Bertz CT molecular complexity index is 3940. The highest BCUT2D eigenvalue weighted by Crippen LogP contribution is 2.48. The maximum atomic E-state index is 14.4. The highest BCUT2D eigenvalue weighted by atomic mass is 31.1. The molecule has 0 fully saturated rings. The van der Waals surface area contributed by atoms with Crippen molar-refractivity contribution in [3.8, 4) is 0 Å². The van der Waals surface area contributed by atoms with Gasteiger partial charge in [0.05, 0.1) is 0 Å². The van der Waals surface area contributed by atoms with Crippen LogP contribution in [-0.2, 0) is 31.1 Å². The Kier molecular flexibility index (Phi) is 10.3. The molecule has 4 aromatic heterocycles. The summed E-state index contributed by atoms with van der Waals surface area (Å²) in [5.41, 5.74) is 5.85. The maximum absolute atomic E-state index is 14.4. The molecule has 12 aromatic rings. The Morgan fingerprint density at radius 3 is 0.924 bits per heavy atom. The van der Waals surface area contributed by atoms with E-state index in [9.17, 15) is 18.3 Å². The monoisotopic (exact) mass is 938 g/mol. The molecule has 66 heavy (non-hydrogen) atoms. The van der Waals surface area contributed by atoms with Gasteiger partial charge in [-0.15, -0.1) is 0 Å². The average molecular weight is 939 g/mol. The van der Waals surface area contributed by atoms with Crippen LogP contribution in [0.2, 0.25) is 0 Å². The molecule has 0 bridgehead atoms. The van der Waals surface area contributed by atoms with E-state index in [1.54, 1.807) is 0 Å². The fraction of sp³-hybridized carbons (Fsp3) is 0.111. The summed E-state index contributed by atoms with van der Waals surface area (Å²) in [6.07, 6.45) is 2.06. The van der Waals surface area contributed by atoms with Crippen LogP contribution in [-0.4, -0.2) is 0 Å². The van der Waals surface area contributed by atoms with Gasteiger partial charge >= 0.3 is 30.6 Å². The summed E-state index contributed by atoms with van der Waals surface area (Å²) in [5, 5.41) is 9.60. The lowest BCUT2D eigenvalue weighted by Gasteiger charge is -2.22. The minimum atomic E-state index is -2.29. The molecule has 12 rings (SSSR count). The van der Waals surface area contributed by atoms with E-state index in [-0.39, 0.29) is 11.8 Å². The van der Waals surface area contributed by atoms with Crippen molar-refractivity contribution in [2.45, 2.75) is 37.5 Å². The van der Waals surface area contributed by atoms with Crippen molar-refractivity contribution in [2.24, 2.45) is 0 Å². The van der Waals surface area contributed by atoms with Crippen LogP contribution < -0.4 is 0 Å². The lowest BCUT2D eigenvalue weighted by Crippen LogP contribution is -2.10. The normalized spacial score (nSPS) is 14.0. The van der Waals surface area contributed by atoms with Crippen LogP contribution in [0.15, 0.2) is 187 Å². The first kappa shape index (κ1) is 40.8. The van der Waals surface area contributed by atoms with Crippen molar-refractivity contribution in [1.82, 2.24) is 0 Å². The van der Waals surface area contributed by atoms with Crippen molar-refractivity contribution >= 4 is 117 Å². The van der Waals surface area contributed by atoms with Gasteiger partial charge in [-0.25, -0.2) is 16.8 Å². The largest absolute Gasteiger partial charge is 0.598 e. The molecule has 0 aliphatic rings. The highest BCUT2D eigenvalue weighted by Gasteiger charge is 2.33. The zero-order valence-corrected chi connectivity index (χ0v) is 38.8. The third-order valence-corrected chi connectivity index (χ3v) is 18.2. The number of fused-ring (bicyclic) bond motifs is 12. The molecule has 8 aromatic carbocycles. The van der Waals surface area contributed by atoms with Crippen LogP contribution in [0.1, 0.15) is 46.9 Å². The smallest absolute Gasteiger partial charge is 0.250 e. The fourth-order valence-corrected chi connectivity index (χ4v) is 15.3. The van der Waals surface area contributed by atoms with Gasteiger partial charge < -0.3 is 0 Å². The van der Waals surface area contributed by atoms with Gasteiger partial charge in [0.1, 0.15) is 0 Å². The number of hydrogen-bond acceptors (Lipinski definition) is 8. The van der Waals surface area contributed by atoms with E-state index in [1.807, 2.05) is 170 Å². The third-order valence-electron chi connectivity index (χ3n) is 13.2. The van der Waals surface area contributed by atoms with Gasteiger partial charge in [-0.2, -0.15) is 0 Å². The van der Waals surface area contributed by atoms with E-state index in [4.69, 9.17) is 16.8 Å². The Hall–Kier alpha value is -6.64. The predicted molar refractivity (Wildman–Crippen MR) is 267 cm³/mol. The second kappa shape index (κ2) is 16.7. The molecule has 0 spiro atoms. The third kappa shape index (κ3) is 6.91. The molecule has 12 heteroatoms. The van der Waals surface area contributed by atoms with Gasteiger partial charge in [0.2, 0.25) is 20.5 Å². The van der Waals surface area contributed by atoms with E-state index >= 15 is 0 Å². The summed E-state index contributed by atoms with van der Waals surface area (Å²) in [5.74, 6) is -0.520. The van der Waals surface area contributed by atoms with Crippen LogP contribution >= 0.6 is 30.6 Å². The Morgan fingerprint density at radius 2 is 0.576 bits per heavy atom. The second-order valence-corrected chi connectivity index (χ2v) is 21.4. The van der Waals surface area contributed by atoms with Crippen molar-refractivity contribution in [3.05, 3.63) is 192 Å². The highest BCUT2D eigenvalue weighted by molar-refractivity contribution is 7.38. The molecule has 8 nitrogen and oxygen atoms in total. The predicted octanol–water partition coefficient (Wildman–Crippen LogP) is 18.4. The van der Waals surface area contributed by atoms with Crippen LogP contribution in [0, 0.1) is 0 Å². The van der Waals surface area contributed by atoms with E-state index in [1.165, 1.54) is 0 Å². The summed E-state index contributed by atoms with van der Waals surface area (Å²) in [7, 11) is -9.05. The topological polar surface area (TPSA) is 121 Å². The molecular weight excluding hydrogens is 900 g/mol. The van der Waals surface area contributed by atoms with Crippen molar-refractivity contribution in [1.29, 1.82) is 0 Å². The molecule has 0 radical (unpaired) electrons. The Balaban J connectivity index is 1.06. The van der Waals surface area contributed by atoms with Gasteiger partial charge in [-0.3, -0.25) is 0 Å². The molecule has 6 atom stereocenters. The summed E-state index contributed by atoms with van der Waals surface area (Å²) >= 11 is 0. The average Bonchev–Trinajstić information content (AvgIpc) is 3.34. The molecule has 0 saturated carbocycles. The zero-order valence-electron chi connectivity index (χ0n) is 35.2. The molecule has 6 unspecified atom stereocenters. The number of benzene rings is 8. The van der Waals surface area contributed by atoms with E-state index in [2.05, 4.69) is 0 Å². The standard InChI is InChI=1S/C54H38O8P4/c55-63-51-35(13-9-21-43(51)39-15-1-5-25-47(39)59-63)31-33(37-19-11-23-45-41-17-3-7-27-49(41)61-65(57)53(37)45)29-30-34(38-20-12-24-46-42-18-4-8-28-50(42)62-66(58)54(38)46)32-36-14-10-22-44-40-16-2-6-26-48(40)60-64(56)52(36)44/h1-28,33-34H,29-32H2/q+4. The summed E-state index contributed by atoms with van der Waals surface area (Å²) in [6, 6.07) is 54.8. The van der Waals surface area contributed by atoms with E-state index in [0.29, 0.717) is 68.5 Å². The molecule has 0 aliphatic carbocycles. The molecule has 4 heterocycles. The summed E-state index contributed by atoms with van der Waals surface area (Å²) < 4.78 is 81.5. The number of hydrogen-bond donors (Lipinski definition) is 0. The van der Waals surface area contributed by atoms with Crippen LogP contribution in [0.5, 0.6) is 0 Å². The lowest BCUT2D eigenvalue weighted by molar-refractivity contribution is 0.525. The van der Waals surface area contributed by atoms with Crippen LogP contribution in [0.25, 0.3) is 85.9 Å². The number of para-hydroxylation sites is 4. The van der Waals surface area contributed by atoms with Crippen LogP contribution in [0.3, 0.4) is 0 Å². The number of rotatable bonds is 9.